The number of carbonyl (C=O) groups is 1. The first kappa shape index (κ1) is 14.1. The Hall–Kier alpha value is -0.940. The lowest BCUT2D eigenvalue weighted by Crippen LogP contribution is -2.33. The van der Waals surface area contributed by atoms with Gasteiger partial charge in [-0.1, -0.05) is 22.9 Å². The van der Waals surface area contributed by atoms with E-state index < -0.39 is 5.82 Å². The normalized spacial score (nSPS) is 10.6. The Balaban J connectivity index is 2.55. The molecule has 0 unspecified atom stereocenters. The Labute approximate surface area is 109 Å². The van der Waals surface area contributed by atoms with Gasteiger partial charge in [-0.25, -0.2) is 4.39 Å². The van der Waals surface area contributed by atoms with E-state index in [2.05, 4.69) is 26.1 Å². The molecule has 94 valence electrons. The molecule has 0 aromatic heterocycles. The molecule has 1 amide bonds. The summed E-state index contributed by atoms with van der Waals surface area (Å²) in [7, 11) is 1.96. The summed E-state index contributed by atoms with van der Waals surface area (Å²) in [5, 5.41) is 2.69. The fourth-order valence-electron chi connectivity index (χ4n) is 1.29. The maximum absolute atomic E-state index is 13.4. The molecule has 1 rings (SSSR count). The fourth-order valence-corrected chi connectivity index (χ4v) is 1.65. The highest BCUT2D eigenvalue weighted by Crippen LogP contribution is 2.15. The van der Waals surface area contributed by atoms with Crippen molar-refractivity contribution in [2.45, 2.75) is 6.92 Å². The van der Waals surface area contributed by atoms with Crippen molar-refractivity contribution in [3.8, 4) is 0 Å². The van der Waals surface area contributed by atoms with Gasteiger partial charge in [-0.3, -0.25) is 4.79 Å². The first-order valence-corrected chi connectivity index (χ1v) is 6.25. The molecule has 0 radical (unpaired) electrons. The van der Waals surface area contributed by atoms with E-state index in [-0.39, 0.29) is 11.5 Å². The van der Waals surface area contributed by atoms with E-state index in [1.54, 1.807) is 6.07 Å². The molecule has 3 nitrogen and oxygen atoms in total. The third-order valence-corrected chi connectivity index (χ3v) is 2.99. The molecule has 17 heavy (non-hydrogen) atoms. The minimum absolute atomic E-state index is 0.0681. The zero-order valence-electron chi connectivity index (χ0n) is 9.96. The van der Waals surface area contributed by atoms with Gasteiger partial charge >= 0.3 is 0 Å². The molecule has 0 aliphatic carbocycles. The second-order valence-electron chi connectivity index (χ2n) is 3.78. The predicted octanol–water partition coefficient (Wildman–Crippen LogP) is 2.27. The minimum Gasteiger partial charge on any atom is -0.351 e. The lowest BCUT2D eigenvalue weighted by molar-refractivity contribution is 0.0946. The van der Waals surface area contributed by atoms with Crippen molar-refractivity contribution >= 4 is 21.8 Å². The molecular weight excluding hydrogens is 287 g/mol. The minimum atomic E-state index is -0.505. The average molecular weight is 303 g/mol. The summed E-state index contributed by atoms with van der Waals surface area (Å²) in [6, 6.07) is 4.32. The lowest BCUT2D eigenvalue weighted by Gasteiger charge is -2.14. The van der Waals surface area contributed by atoms with Gasteiger partial charge in [0.15, 0.2) is 0 Å². The van der Waals surface area contributed by atoms with Gasteiger partial charge in [0.25, 0.3) is 5.91 Å². The van der Waals surface area contributed by atoms with Crippen LogP contribution >= 0.6 is 15.9 Å². The van der Waals surface area contributed by atoms with E-state index in [1.807, 2.05) is 14.0 Å². The molecule has 5 heteroatoms. The summed E-state index contributed by atoms with van der Waals surface area (Å²) in [6.45, 7) is 4.21. The Kier molecular flexibility index (Phi) is 5.58. The number of hydrogen-bond acceptors (Lipinski definition) is 2. The van der Waals surface area contributed by atoms with Crippen molar-refractivity contribution in [1.82, 2.24) is 10.2 Å². The first-order chi connectivity index (χ1) is 8.04. The van der Waals surface area contributed by atoms with E-state index in [0.29, 0.717) is 11.0 Å². The number of hydrogen-bond donors (Lipinski definition) is 1. The van der Waals surface area contributed by atoms with E-state index in [4.69, 9.17) is 0 Å². The number of nitrogens with zero attached hydrogens (tertiary/aromatic N) is 1. The molecule has 0 bridgehead atoms. The Morgan fingerprint density at radius 1 is 1.53 bits per heavy atom. The van der Waals surface area contributed by atoms with Crippen LogP contribution in [0.4, 0.5) is 4.39 Å². The highest BCUT2D eigenvalue weighted by molar-refractivity contribution is 9.10. The molecule has 1 aromatic carbocycles. The van der Waals surface area contributed by atoms with Crippen molar-refractivity contribution in [1.29, 1.82) is 0 Å². The smallest absolute Gasteiger partial charge is 0.254 e. The molecule has 0 atom stereocenters. The molecule has 1 N–H and O–H groups in total. The summed E-state index contributed by atoms with van der Waals surface area (Å²) in [5.74, 6) is -0.886. The Bertz CT molecular complexity index is 398. The second kappa shape index (κ2) is 6.71. The van der Waals surface area contributed by atoms with Crippen LogP contribution in [-0.2, 0) is 0 Å². The zero-order valence-corrected chi connectivity index (χ0v) is 11.6. The predicted molar refractivity (Wildman–Crippen MR) is 69.6 cm³/mol. The zero-order chi connectivity index (χ0) is 12.8. The quantitative estimate of drug-likeness (QED) is 0.905. The lowest BCUT2D eigenvalue weighted by atomic mass is 10.2. The molecule has 0 heterocycles. The number of likely N-dealkylation sites (N-methyl/N-ethyl adjacent to an activating group) is 1. The Morgan fingerprint density at radius 2 is 2.24 bits per heavy atom. The van der Waals surface area contributed by atoms with Crippen LogP contribution < -0.4 is 5.32 Å². The first-order valence-electron chi connectivity index (χ1n) is 5.46. The number of nitrogens with one attached hydrogen (secondary N) is 1. The van der Waals surface area contributed by atoms with Crippen molar-refractivity contribution < 1.29 is 9.18 Å². The molecule has 0 aliphatic heterocycles. The van der Waals surface area contributed by atoms with E-state index in [9.17, 15) is 9.18 Å². The Morgan fingerprint density at radius 3 is 2.88 bits per heavy atom. The number of halogens is 2. The van der Waals surface area contributed by atoms with E-state index in [1.165, 1.54) is 12.1 Å². The molecule has 0 aliphatic rings. The van der Waals surface area contributed by atoms with Gasteiger partial charge in [-0.05, 0) is 31.8 Å². The standard InChI is InChI=1S/C12H16BrFN2O/c1-3-16(2)7-6-15-12(17)10-8-9(13)4-5-11(10)14/h4-5,8H,3,6-7H2,1-2H3,(H,15,17). The summed E-state index contributed by atoms with van der Waals surface area (Å²) in [4.78, 5) is 13.8. The van der Waals surface area contributed by atoms with Gasteiger partial charge in [0.05, 0.1) is 5.56 Å². The van der Waals surface area contributed by atoms with Crippen LogP contribution in [0, 0.1) is 5.82 Å². The van der Waals surface area contributed by atoms with Crippen LogP contribution in [0.5, 0.6) is 0 Å². The molecule has 0 saturated carbocycles. The number of benzene rings is 1. The second-order valence-corrected chi connectivity index (χ2v) is 4.69. The number of carbonyl (C=O) groups excluding carboxylic acids is 1. The third-order valence-electron chi connectivity index (χ3n) is 2.49. The fraction of sp³-hybridized carbons (Fsp3) is 0.417. The monoisotopic (exact) mass is 302 g/mol. The van der Waals surface area contributed by atoms with Crippen LogP contribution in [0.3, 0.4) is 0 Å². The van der Waals surface area contributed by atoms with E-state index >= 15 is 0 Å². The van der Waals surface area contributed by atoms with Gasteiger partial charge in [-0.15, -0.1) is 0 Å². The molecule has 0 fully saturated rings. The van der Waals surface area contributed by atoms with Crippen molar-refractivity contribution in [2.75, 3.05) is 26.7 Å². The number of rotatable bonds is 5. The topological polar surface area (TPSA) is 32.3 Å². The highest BCUT2D eigenvalue weighted by Gasteiger charge is 2.11. The SMILES string of the molecule is CCN(C)CCNC(=O)c1cc(Br)ccc1F. The molecule has 1 aromatic rings. The molecule has 0 saturated heterocycles. The van der Waals surface area contributed by atoms with Gasteiger partial charge in [0.1, 0.15) is 5.82 Å². The summed E-state index contributed by atoms with van der Waals surface area (Å²) < 4.78 is 14.1. The van der Waals surface area contributed by atoms with Gasteiger partial charge in [-0.2, -0.15) is 0 Å². The molecule has 0 spiro atoms. The van der Waals surface area contributed by atoms with Gasteiger partial charge < -0.3 is 10.2 Å². The third kappa shape index (κ3) is 4.44. The van der Waals surface area contributed by atoms with E-state index in [0.717, 1.165) is 13.1 Å². The molecular formula is C12H16BrFN2O. The maximum Gasteiger partial charge on any atom is 0.254 e. The van der Waals surface area contributed by atoms with Gasteiger partial charge in [0.2, 0.25) is 0 Å². The number of amides is 1. The van der Waals surface area contributed by atoms with Gasteiger partial charge in [0, 0.05) is 17.6 Å². The van der Waals surface area contributed by atoms with Crippen LogP contribution in [0.1, 0.15) is 17.3 Å². The summed E-state index contributed by atoms with van der Waals surface area (Å²) in [6.07, 6.45) is 0. The average Bonchev–Trinajstić information content (AvgIpc) is 2.31. The summed E-state index contributed by atoms with van der Waals surface area (Å²) >= 11 is 3.21. The van der Waals surface area contributed by atoms with Crippen molar-refractivity contribution in [3.63, 3.8) is 0 Å². The van der Waals surface area contributed by atoms with Crippen LogP contribution in [0.25, 0.3) is 0 Å². The van der Waals surface area contributed by atoms with Crippen LogP contribution in [0.2, 0.25) is 0 Å². The van der Waals surface area contributed by atoms with Crippen LogP contribution in [-0.4, -0.2) is 37.5 Å². The summed E-state index contributed by atoms with van der Waals surface area (Å²) in [5.41, 5.74) is 0.0681. The van der Waals surface area contributed by atoms with Crippen LogP contribution in [0.15, 0.2) is 22.7 Å². The van der Waals surface area contributed by atoms with Crippen molar-refractivity contribution in [2.24, 2.45) is 0 Å². The maximum atomic E-state index is 13.4. The van der Waals surface area contributed by atoms with Crippen molar-refractivity contribution in [3.05, 3.63) is 34.1 Å². The largest absolute Gasteiger partial charge is 0.351 e. The highest BCUT2D eigenvalue weighted by atomic mass is 79.9.